The van der Waals surface area contributed by atoms with Gasteiger partial charge in [-0.2, -0.15) is 0 Å². The number of benzene rings is 2. The highest BCUT2D eigenvalue weighted by atomic mass is 35.5. The highest BCUT2D eigenvalue weighted by Gasteiger charge is 2.36. The molecule has 0 N–H and O–H groups in total. The van der Waals surface area contributed by atoms with Gasteiger partial charge in [0.25, 0.3) is 5.56 Å². The molecule has 0 fully saturated rings. The van der Waals surface area contributed by atoms with Gasteiger partial charge in [0.1, 0.15) is 17.5 Å². The van der Waals surface area contributed by atoms with Crippen LogP contribution in [0.5, 0.6) is 11.5 Å². The lowest BCUT2D eigenvalue weighted by Crippen LogP contribution is -2.40. The Kier molecular flexibility index (Phi) is 8.51. The zero-order valence-corrected chi connectivity index (χ0v) is 22.8. The van der Waals surface area contributed by atoms with Gasteiger partial charge in [0.05, 0.1) is 36.1 Å². The molecule has 0 saturated heterocycles. The summed E-state index contributed by atoms with van der Waals surface area (Å²) < 4.78 is 18.6. The summed E-state index contributed by atoms with van der Waals surface area (Å²) in [5.41, 5.74) is 2.10. The molecule has 0 saturated carbocycles. The number of hydrogen-bond donors (Lipinski definition) is 0. The summed E-state index contributed by atoms with van der Waals surface area (Å²) in [6.07, 6.45) is 3.14. The predicted octanol–water partition coefficient (Wildman–Crippen LogP) is 4.64. The topological polar surface area (TPSA) is 79.1 Å². The Morgan fingerprint density at radius 2 is 1.89 bits per heavy atom. The van der Waals surface area contributed by atoms with Gasteiger partial charge in [0.2, 0.25) is 0 Å². The second-order valence-corrected chi connectivity index (χ2v) is 9.75. The molecule has 1 aliphatic rings. The number of ether oxygens (including phenoxy) is 3. The van der Waals surface area contributed by atoms with E-state index < -0.39 is 12.0 Å². The van der Waals surface area contributed by atoms with Crippen LogP contribution in [0, 0.1) is 0 Å². The van der Waals surface area contributed by atoms with Gasteiger partial charge >= 0.3 is 5.97 Å². The lowest BCUT2D eigenvalue weighted by atomic mass is 9.93. The minimum atomic E-state index is -0.798. The van der Waals surface area contributed by atoms with Crippen LogP contribution in [0.1, 0.15) is 50.8 Å². The first-order valence-corrected chi connectivity index (χ1v) is 13.4. The normalized spacial score (nSPS) is 15.3. The van der Waals surface area contributed by atoms with Gasteiger partial charge in [-0.3, -0.25) is 9.36 Å². The van der Waals surface area contributed by atoms with Crippen LogP contribution in [0.3, 0.4) is 0 Å². The van der Waals surface area contributed by atoms with Crippen molar-refractivity contribution in [1.82, 2.24) is 4.57 Å². The van der Waals surface area contributed by atoms with Crippen molar-refractivity contribution in [2.45, 2.75) is 39.7 Å². The monoisotopic (exact) mass is 540 g/mol. The standard InChI is InChI=1S/C28H29ClN2O5S/c1-5-8-21-24(27(33)36-7-3)25(20-16-18(29)11-14-22(20)34-4)31-26(32)23(37-28(31)30-21)15-17-9-12-19(13-10-17)35-6-2/h9-16,25H,5-8H2,1-4H3/b23-15+/t25-/m0/s1. The van der Waals surface area contributed by atoms with Crippen molar-refractivity contribution < 1.29 is 19.0 Å². The minimum Gasteiger partial charge on any atom is -0.496 e. The highest BCUT2D eigenvalue weighted by Crippen LogP contribution is 2.38. The number of halogens is 1. The van der Waals surface area contributed by atoms with E-state index in [0.717, 1.165) is 17.7 Å². The maximum Gasteiger partial charge on any atom is 0.338 e. The summed E-state index contributed by atoms with van der Waals surface area (Å²) in [4.78, 5) is 32.5. The average molecular weight is 541 g/mol. The fourth-order valence-electron chi connectivity index (χ4n) is 4.31. The number of carbonyl (C=O) groups excluding carboxylic acids is 1. The Hall–Kier alpha value is -3.36. The molecule has 0 radical (unpaired) electrons. The van der Waals surface area contributed by atoms with E-state index in [4.69, 9.17) is 30.8 Å². The molecule has 0 unspecified atom stereocenters. The lowest BCUT2D eigenvalue weighted by Gasteiger charge is -2.27. The number of aromatic nitrogens is 1. The fourth-order valence-corrected chi connectivity index (χ4v) is 5.51. The van der Waals surface area contributed by atoms with Crippen molar-refractivity contribution in [3.63, 3.8) is 0 Å². The maximum absolute atomic E-state index is 13.9. The van der Waals surface area contributed by atoms with Crippen LogP contribution in [0.4, 0.5) is 0 Å². The van der Waals surface area contributed by atoms with Crippen LogP contribution in [0.2, 0.25) is 5.02 Å². The molecule has 0 amide bonds. The van der Waals surface area contributed by atoms with Crippen LogP contribution in [0.15, 0.2) is 63.5 Å². The molecule has 3 aromatic rings. The summed E-state index contributed by atoms with van der Waals surface area (Å²) in [5, 5.41) is 0.463. The smallest absolute Gasteiger partial charge is 0.338 e. The van der Waals surface area contributed by atoms with E-state index in [1.807, 2.05) is 44.2 Å². The largest absolute Gasteiger partial charge is 0.496 e. The Balaban J connectivity index is 1.98. The third kappa shape index (κ3) is 5.50. The molecule has 37 heavy (non-hydrogen) atoms. The van der Waals surface area contributed by atoms with Crippen LogP contribution in [0.25, 0.3) is 6.08 Å². The molecular weight excluding hydrogens is 512 g/mol. The Morgan fingerprint density at radius 1 is 1.14 bits per heavy atom. The molecule has 0 bridgehead atoms. The number of thiazole rings is 1. The second kappa shape index (κ2) is 11.8. The first-order valence-electron chi connectivity index (χ1n) is 12.2. The molecule has 2 aromatic carbocycles. The van der Waals surface area contributed by atoms with Gasteiger partial charge in [-0.1, -0.05) is 48.4 Å². The van der Waals surface area contributed by atoms with Gasteiger partial charge in [0, 0.05) is 10.6 Å². The number of hydrogen-bond acceptors (Lipinski definition) is 7. The molecule has 7 nitrogen and oxygen atoms in total. The van der Waals surface area contributed by atoms with Crippen molar-refractivity contribution in [3.05, 3.63) is 89.6 Å². The zero-order valence-electron chi connectivity index (χ0n) is 21.2. The van der Waals surface area contributed by atoms with Crippen LogP contribution >= 0.6 is 22.9 Å². The molecule has 1 aliphatic heterocycles. The first kappa shape index (κ1) is 26.7. The summed E-state index contributed by atoms with van der Waals surface area (Å²) in [6, 6.07) is 11.9. The van der Waals surface area contributed by atoms with Gasteiger partial charge in [-0.15, -0.1) is 0 Å². The van der Waals surface area contributed by atoms with E-state index >= 15 is 0 Å². The average Bonchev–Trinajstić information content (AvgIpc) is 3.19. The number of rotatable bonds is 9. The number of fused-ring (bicyclic) bond motifs is 1. The molecule has 1 atom stereocenters. The fraction of sp³-hybridized carbons (Fsp3) is 0.321. The van der Waals surface area contributed by atoms with Crippen LogP contribution in [-0.2, 0) is 9.53 Å². The summed E-state index contributed by atoms with van der Waals surface area (Å²) in [5.74, 6) is 0.759. The second-order valence-electron chi connectivity index (χ2n) is 8.30. The number of esters is 1. The van der Waals surface area contributed by atoms with E-state index in [1.54, 1.807) is 36.8 Å². The Bertz CT molecular complexity index is 1500. The molecule has 0 aliphatic carbocycles. The Morgan fingerprint density at radius 3 is 2.54 bits per heavy atom. The van der Waals surface area contributed by atoms with E-state index in [0.29, 0.717) is 50.0 Å². The van der Waals surface area contributed by atoms with E-state index in [-0.39, 0.29) is 12.2 Å². The molecular formula is C28H29ClN2O5S. The maximum atomic E-state index is 13.9. The third-order valence-electron chi connectivity index (χ3n) is 5.87. The first-order chi connectivity index (χ1) is 17.9. The SMILES string of the molecule is CCCC1=C(C(=O)OCC)[C@H](c2cc(Cl)ccc2OC)n2c(s/c(=C/c3ccc(OCC)cc3)c2=O)=N1. The molecule has 9 heteroatoms. The highest BCUT2D eigenvalue weighted by molar-refractivity contribution is 7.07. The Labute approximate surface area is 224 Å². The summed E-state index contributed by atoms with van der Waals surface area (Å²) >= 11 is 7.66. The van der Waals surface area contributed by atoms with Crippen molar-refractivity contribution in [1.29, 1.82) is 0 Å². The van der Waals surface area contributed by atoms with Crippen molar-refractivity contribution in [3.8, 4) is 11.5 Å². The molecule has 4 rings (SSSR count). The zero-order chi connectivity index (χ0) is 26.5. The van der Waals surface area contributed by atoms with Crippen molar-refractivity contribution in [2.24, 2.45) is 4.99 Å². The summed E-state index contributed by atoms with van der Waals surface area (Å²) in [7, 11) is 1.54. The molecule has 1 aromatic heterocycles. The molecule has 0 spiro atoms. The quantitative estimate of drug-likeness (QED) is 0.369. The van der Waals surface area contributed by atoms with E-state index in [9.17, 15) is 9.59 Å². The van der Waals surface area contributed by atoms with Gasteiger partial charge < -0.3 is 14.2 Å². The van der Waals surface area contributed by atoms with E-state index in [1.165, 1.54) is 11.3 Å². The van der Waals surface area contributed by atoms with Gasteiger partial charge in [-0.05, 0) is 62.2 Å². The van der Waals surface area contributed by atoms with Gasteiger partial charge in [0.15, 0.2) is 4.80 Å². The van der Waals surface area contributed by atoms with Crippen LogP contribution in [-0.4, -0.2) is 30.9 Å². The third-order valence-corrected chi connectivity index (χ3v) is 7.09. The lowest BCUT2D eigenvalue weighted by molar-refractivity contribution is -0.139. The minimum absolute atomic E-state index is 0.198. The van der Waals surface area contributed by atoms with E-state index in [2.05, 4.69) is 0 Å². The van der Waals surface area contributed by atoms with Crippen LogP contribution < -0.4 is 24.4 Å². The predicted molar refractivity (Wildman–Crippen MR) is 145 cm³/mol. The molecule has 2 heterocycles. The summed E-state index contributed by atoms with van der Waals surface area (Å²) in [6.45, 7) is 6.47. The number of allylic oxidation sites excluding steroid dienone is 1. The van der Waals surface area contributed by atoms with Gasteiger partial charge in [-0.25, -0.2) is 9.79 Å². The van der Waals surface area contributed by atoms with Crippen molar-refractivity contribution >= 4 is 35.0 Å². The molecule has 194 valence electrons. The number of carbonyl (C=O) groups is 1. The number of nitrogens with zero attached hydrogens (tertiary/aromatic N) is 2. The number of methoxy groups -OCH3 is 1. The van der Waals surface area contributed by atoms with Crippen molar-refractivity contribution in [2.75, 3.05) is 20.3 Å².